The summed E-state index contributed by atoms with van der Waals surface area (Å²) in [5.74, 6) is 0.0518. The van der Waals surface area contributed by atoms with Gasteiger partial charge in [-0.3, -0.25) is 14.5 Å². The maximum atomic E-state index is 12.9. The largest absolute Gasteiger partial charge is 0.427 e. The quantitative estimate of drug-likeness (QED) is 0.441. The van der Waals surface area contributed by atoms with E-state index in [9.17, 15) is 9.59 Å². The lowest BCUT2D eigenvalue weighted by molar-refractivity contribution is -0.131. The van der Waals surface area contributed by atoms with Crippen LogP contribution in [0.2, 0.25) is 0 Å². The Morgan fingerprint density at radius 2 is 1.78 bits per heavy atom. The second-order valence-electron chi connectivity index (χ2n) is 6.27. The molecule has 2 aromatic carbocycles. The third kappa shape index (κ3) is 4.65. The number of thioether (sulfide) groups is 1. The van der Waals surface area contributed by atoms with E-state index in [2.05, 4.69) is 4.99 Å². The first kappa shape index (κ1) is 18.9. The van der Waals surface area contributed by atoms with Gasteiger partial charge in [-0.05, 0) is 61.5 Å². The van der Waals surface area contributed by atoms with Gasteiger partial charge in [0.15, 0.2) is 5.17 Å². The number of hydrogen-bond donors (Lipinski definition) is 0. The Bertz CT molecular complexity index is 903. The molecule has 3 rings (SSSR count). The van der Waals surface area contributed by atoms with Gasteiger partial charge in [-0.15, -0.1) is 0 Å². The molecule has 0 radical (unpaired) electrons. The summed E-state index contributed by atoms with van der Waals surface area (Å²) in [6, 6.07) is 16.6. The lowest BCUT2D eigenvalue weighted by Gasteiger charge is -2.19. The predicted octanol–water partition coefficient (Wildman–Crippen LogP) is 4.62. The fourth-order valence-corrected chi connectivity index (χ4v) is 3.70. The number of esters is 1. The topological polar surface area (TPSA) is 59.0 Å². The summed E-state index contributed by atoms with van der Waals surface area (Å²) in [6.07, 6.45) is 1.83. The van der Waals surface area contributed by atoms with E-state index in [-0.39, 0.29) is 17.9 Å². The first-order valence-corrected chi connectivity index (χ1v) is 9.41. The van der Waals surface area contributed by atoms with Gasteiger partial charge >= 0.3 is 5.97 Å². The fourth-order valence-electron chi connectivity index (χ4n) is 2.58. The molecule has 0 N–H and O–H groups in total. The molecule has 0 saturated carbocycles. The summed E-state index contributed by atoms with van der Waals surface area (Å²) in [4.78, 5) is 30.8. The maximum absolute atomic E-state index is 12.9. The Balaban J connectivity index is 1.88. The van der Waals surface area contributed by atoms with Crippen LogP contribution >= 0.6 is 11.8 Å². The normalized spacial score (nSPS) is 17.2. The van der Waals surface area contributed by atoms with Crippen molar-refractivity contribution in [1.82, 2.24) is 4.90 Å². The minimum atomic E-state index is -0.364. The molecule has 0 aromatic heterocycles. The van der Waals surface area contributed by atoms with Crippen LogP contribution in [0, 0.1) is 0 Å². The molecule has 2 aromatic rings. The van der Waals surface area contributed by atoms with Crippen molar-refractivity contribution in [3.05, 3.63) is 65.1 Å². The summed E-state index contributed by atoms with van der Waals surface area (Å²) in [7, 11) is 0. The highest BCUT2D eigenvalue weighted by Crippen LogP contribution is 2.35. The van der Waals surface area contributed by atoms with Crippen molar-refractivity contribution in [3.8, 4) is 5.75 Å². The third-order valence-corrected chi connectivity index (χ3v) is 4.76. The molecule has 27 heavy (non-hydrogen) atoms. The van der Waals surface area contributed by atoms with Crippen molar-refractivity contribution in [2.45, 2.75) is 26.8 Å². The molecular formula is C21H20N2O3S. The van der Waals surface area contributed by atoms with Gasteiger partial charge in [0, 0.05) is 13.0 Å². The summed E-state index contributed by atoms with van der Waals surface area (Å²) in [5.41, 5.74) is 1.66. The number of hydrogen-bond acceptors (Lipinski definition) is 5. The van der Waals surface area contributed by atoms with Crippen molar-refractivity contribution >= 4 is 40.6 Å². The highest BCUT2D eigenvalue weighted by molar-refractivity contribution is 8.18. The van der Waals surface area contributed by atoms with Crippen LogP contribution in [0.4, 0.5) is 5.69 Å². The van der Waals surface area contributed by atoms with Crippen LogP contribution in [-0.2, 0) is 9.59 Å². The molecule has 0 bridgehead atoms. The predicted molar refractivity (Wildman–Crippen MR) is 109 cm³/mol. The second kappa shape index (κ2) is 8.22. The number of rotatable bonds is 4. The van der Waals surface area contributed by atoms with Crippen LogP contribution in [-0.4, -0.2) is 28.0 Å². The number of amides is 1. The number of ether oxygens (including phenoxy) is 1. The average Bonchev–Trinajstić information content (AvgIpc) is 2.92. The molecule has 6 heteroatoms. The Hall–Kier alpha value is -2.86. The molecule has 1 heterocycles. The molecular weight excluding hydrogens is 360 g/mol. The number of benzene rings is 2. The molecule has 0 aliphatic carbocycles. The highest BCUT2D eigenvalue weighted by Gasteiger charge is 2.35. The van der Waals surface area contributed by atoms with Crippen LogP contribution in [0.3, 0.4) is 0 Å². The van der Waals surface area contributed by atoms with Crippen molar-refractivity contribution in [3.63, 3.8) is 0 Å². The highest BCUT2D eigenvalue weighted by atomic mass is 32.2. The Labute approximate surface area is 162 Å². The molecule has 1 saturated heterocycles. The number of aliphatic imine (C=N–C) groups is 1. The van der Waals surface area contributed by atoms with Gasteiger partial charge in [-0.2, -0.15) is 0 Å². The van der Waals surface area contributed by atoms with Crippen molar-refractivity contribution < 1.29 is 14.3 Å². The van der Waals surface area contributed by atoms with Gasteiger partial charge in [0.25, 0.3) is 5.91 Å². The van der Waals surface area contributed by atoms with Gasteiger partial charge in [-0.1, -0.05) is 30.3 Å². The minimum Gasteiger partial charge on any atom is -0.427 e. The van der Waals surface area contributed by atoms with E-state index in [1.165, 1.54) is 18.7 Å². The zero-order valence-corrected chi connectivity index (χ0v) is 16.2. The van der Waals surface area contributed by atoms with Crippen LogP contribution in [0.5, 0.6) is 5.75 Å². The first-order chi connectivity index (χ1) is 12.9. The molecule has 138 valence electrons. The molecule has 1 fully saturated rings. The lowest BCUT2D eigenvalue weighted by Crippen LogP contribution is -2.35. The summed E-state index contributed by atoms with van der Waals surface area (Å²) in [5, 5.41) is 0.670. The van der Waals surface area contributed by atoms with E-state index in [0.29, 0.717) is 15.8 Å². The molecule has 1 aliphatic heterocycles. The van der Waals surface area contributed by atoms with Gasteiger partial charge in [0.2, 0.25) is 0 Å². The van der Waals surface area contributed by atoms with Gasteiger partial charge < -0.3 is 4.74 Å². The molecule has 0 unspecified atom stereocenters. The van der Waals surface area contributed by atoms with Crippen molar-refractivity contribution in [2.24, 2.45) is 4.99 Å². The molecule has 0 spiro atoms. The zero-order chi connectivity index (χ0) is 19.4. The van der Waals surface area contributed by atoms with Gasteiger partial charge in [0.1, 0.15) is 5.75 Å². The summed E-state index contributed by atoms with van der Waals surface area (Å²) in [6.45, 7) is 5.30. The number of carbonyl (C=O) groups excluding carboxylic acids is 2. The van der Waals surface area contributed by atoms with Gasteiger partial charge in [0.05, 0.1) is 10.6 Å². The molecule has 0 atom stereocenters. The second-order valence-corrected chi connectivity index (χ2v) is 7.28. The fraction of sp³-hybridized carbons (Fsp3) is 0.190. The zero-order valence-electron chi connectivity index (χ0n) is 15.4. The van der Waals surface area contributed by atoms with Crippen molar-refractivity contribution in [1.29, 1.82) is 0 Å². The monoisotopic (exact) mass is 380 g/mol. The molecule has 1 aliphatic rings. The first-order valence-electron chi connectivity index (χ1n) is 8.59. The number of para-hydroxylation sites is 1. The average molecular weight is 380 g/mol. The Morgan fingerprint density at radius 3 is 2.37 bits per heavy atom. The Kier molecular flexibility index (Phi) is 5.76. The summed E-state index contributed by atoms with van der Waals surface area (Å²) < 4.78 is 5.03. The number of amidine groups is 1. The van der Waals surface area contributed by atoms with E-state index in [1.807, 2.05) is 62.4 Å². The van der Waals surface area contributed by atoms with Crippen LogP contribution in [0.25, 0.3) is 6.08 Å². The number of carbonyl (C=O) groups is 2. The van der Waals surface area contributed by atoms with E-state index in [0.717, 1.165) is 11.3 Å². The lowest BCUT2D eigenvalue weighted by atomic mass is 10.2. The van der Waals surface area contributed by atoms with E-state index >= 15 is 0 Å². The molecule has 1 amide bonds. The third-order valence-electron chi connectivity index (χ3n) is 3.77. The standard InChI is InChI=1S/C21H20N2O3S/c1-14(2)23-20(25)19(27-21(23)22-17-7-5-4-6-8-17)13-16-9-11-18(12-10-16)26-15(3)24/h4-14H,1-3H3/b19-13+,22-21?. The minimum absolute atomic E-state index is 0.00436. The van der Waals surface area contributed by atoms with Crippen LogP contribution < -0.4 is 4.74 Å². The van der Waals surface area contributed by atoms with Crippen molar-refractivity contribution in [2.75, 3.05) is 0 Å². The molecule has 5 nitrogen and oxygen atoms in total. The van der Waals surface area contributed by atoms with Crippen LogP contribution in [0.1, 0.15) is 26.3 Å². The SMILES string of the molecule is CC(=O)Oc1ccc(/C=C2/SC(=Nc3ccccc3)N(C(C)C)C2=O)cc1. The number of nitrogens with zero attached hydrogens (tertiary/aromatic N) is 2. The summed E-state index contributed by atoms with van der Waals surface area (Å²) >= 11 is 1.36. The van der Waals surface area contributed by atoms with E-state index < -0.39 is 0 Å². The maximum Gasteiger partial charge on any atom is 0.308 e. The smallest absolute Gasteiger partial charge is 0.308 e. The van der Waals surface area contributed by atoms with E-state index in [1.54, 1.807) is 17.0 Å². The van der Waals surface area contributed by atoms with Crippen LogP contribution in [0.15, 0.2) is 64.5 Å². The van der Waals surface area contributed by atoms with E-state index in [4.69, 9.17) is 4.74 Å². The van der Waals surface area contributed by atoms with Gasteiger partial charge in [-0.25, -0.2) is 4.99 Å². The Morgan fingerprint density at radius 1 is 1.11 bits per heavy atom.